The van der Waals surface area contributed by atoms with E-state index in [1.54, 1.807) is 12.1 Å². The van der Waals surface area contributed by atoms with E-state index in [1.165, 1.54) is 0 Å². The first-order valence-corrected chi connectivity index (χ1v) is 8.55. The zero-order chi connectivity index (χ0) is 16.4. The second kappa shape index (κ2) is 7.18. The molecule has 5 nitrogen and oxygen atoms in total. The maximum absolute atomic E-state index is 10.3. The Kier molecular flexibility index (Phi) is 5.21. The number of benzene rings is 1. The summed E-state index contributed by atoms with van der Waals surface area (Å²) in [7, 11) is 0. The highest BCUT2D eigenvalue weighted by atomic mass is 16.5. The quantitative estimate of drug-likeness (QED) is 0.701. The molecule has 23 heavy (non-hydrogen) atoms. The van der Waals surface area contributed by atoms with Gasteiger partial charge in [-0.2, -0.15) is 0 Å². The molecule has 3 rings (SSSR count). The molecule has 5 heteroatoms. The van der Waals surface area contributed by atoms with Crippen LogP contribution in [-0.4, -0.2) is 39.7 Å². The zero-order valence-electron chi connectivity index (χ0n) is 13.5. The first-order chi connectivity index (χ1) is 11.1. The Morgan fingerprint density at radius 3 is 2.70 bits per heavy atom. The SMILES string of the molecule is CCCCCC1OC(CC2OCc3c(O)cccc32)C(O)C1O. The Morgan fingerprint density at radius 1 is 1.13 bits per heavy atom. The fourth-order valence-electron chi connectivity index (χ4n) is 3.59. The van der Waals surface area contributed by atoms with Gasteiger partial charge in [0.15, 0.2) is 0 Å². The summed E-state index contributed by atoms with van der Waals surface area (Å²) in [5.41, 5.74) is 1.76. The van der Waals surface area contributed by atoms with Crippen LogP contribution >= 0.6 is 0 Å². The molecule has 5 atom stereocenters. The minimum Gasteiger partial charge on any atom is -0.508 e. The second-order valence-electron chi connectivity index (χ2n) is 6.57. The van der Waals surface area contributed by atoms with Crippen LogP contribution in [0.15, 0.2) is 18.2 Å². The number of hydrogen-bond donors (Lipinski definition) is 3. The number of ether oxygens (including phenoxy) is 2. The number of aromatic hydroxyl groups is 1. The van der Waals surface area contributed by atoms with Crippen molar-refractivity contribution in [1.29, 1.82) is 0 Å². The van der Waals surface area contributed by atoms with Crippen LogP contribution in [0.5, 0.6) is 5.75 Å². The number of unbranched alkanes of at least 4 members (excludes halogenated alkanes) is 2. The lowest BCUT2D eigenvalue weighted by atomic mass is 9.96. The van der Waals surface area contributed by atoms with E-state index in [0.29, 0.717) is 13.0 Å². The van der Waals surface area contributed by atoms with E-state index < -0.39 is 18.3 Å². The van der Waals surface area contributed by atoms with Crippen LogP contribution in [0.2, 0.25) is 0 Å². The van der Waals surface area contributed by atoms with Crippen molar-refractivity contribution in [3.05, 3.63) is 29.3 Å². The van der Waals surface area contributed by atoms with E-state index >= 15 is 0 Å². The molecule has 1 saturated heterocycles. The molecule has 0 radical (unpaired) electrons. The summed E-state index contributed by atoms with van der Waals surface area (Å²) in [4.78, 5) is 0. The molecular weight excluding hydrogens is 296 g/mol. The predicted octanol–water partition coefficient (Wildman–Crippen LogP) is 2.42. The predicted molar refractivity (Wildman–Crippen MR) is 85.1 cm³/mol. The van der Waals surface area contributed by atoms with Gasteiger partial charge >= 0.3 is 0 Å². The van der Waals surface area contributed by atoms with Crippen molar-refractivity contribution in [1.82, 2.24) is 0 Å². The van der Waals surface area contributed by atoms with Gasteiger partial charge in [-0.1, -0.05) is 38.3 Å². The molecule has 2 heterocycles. The first kappa shape index (κ1) is 16.7. The number of phenols is 1. The maximum Gasteiger partial charge on any atom is 0.121 e. The summed E-state index contributed by atoms with van der Waals surface area (Å²) >= 11 is 0. The zero-order valence-corrected chi connectivity index (χ0v) is 13.5. The number of rotatable bonds is 6. The lowest BCUT2D eigenvalue weighted by molar-refractivity contribution is -0.0382. The molecule has 3 N–H and O–H groups in total. The molecule has 2 aliphatic rings. The molecule has 1 aromatic carbocycles. The number of fused-ring (bicyclic) bond motifs is 1. The molecule has 0 bridgehead atoms. The molecular formula is C18H26O5. The summed E-state index contributed by atoms with van der Waals surface area (Å²) in [6.07, 6.45) is 1.81. The Bertz CT molecular complexity index is 532. The monoisotopic (exact) mass is 322 g/mol. The molecule has 128 valence electrons. The molecule has 0 spiro atoms. The third kappa shape index (κ3) is 3.38. The van der Waals surface area contributed by atoms with Crippen LogP contribution in [0.25, 0.3) is 0 Å². The van der Waals surface area contributed by atoms with Gasteiger partial charge < -0.3 is 24.8 Å². The van der Waals surface area contributed by atoms with Gasteiger partial charge in [-0.3, -0.25) is 0 Å². The highest BCUT2D eigenvalue weighted by Gasteiger charge is 2.44. The Hall–Kier alpha value is -1.14. The van der Waals surface area contributed by atoms with Crippen LogP contribution in [0, 0.1) is 0 Å². The maximum atomic E-state index is 10.3. The highest BCUT2D eigenvalue weighted by Crippen LogP contribution is 2.40. The van der Waals surface area contributed by atoms with Crippen molar-refractivity contribution in [2.24, 2.45) is 0 Å². The Morgan fingerprint density at radius 2 is 1.91 bits per heavy atom. The van der Waals surface area contributed by atoms with Gasteiger partial charge in [0, 0.05) is 12.0 Å². The molecule has 1 aromatic rings. The second-order valence-corrected chi connectivity index (χ2v) is 6.57. The van der Waals surface area contributed by atoms with Crippen LogP contribution in [0.1, 0.15) is 56.3 Å². The average Bonchev–Trinajstić information content (AvgIpc) is 3.06. The number of aliphatic hydroxyl groups excluding tert-OH is 2. The summed E-state index contributed by atoms with van der Waals surface area (Å²) in [5, 5.41) is 30.3. The molecule has 2 aliphatic heterocycles. The molecule has 0 amide bonds. The van der Waals surface area contributed by atoms with Crippen molar-refractivity contribution in [3.8, 4) is 5.75 Å². The van der Waals surface area contributed by atoms with Crippen molar-refractivity contribution in [2.75, 3.05) is 0 Å². The fourth-order valence-corrected chi connectivity index (χ4v) is 3.59. The summed E-state index contributed by atoms with van der Waals surface area (Å²) < 4.78 is 11.6. The highest BCUT2D eigenvalue weighted by molar-refractivity contribution is 5.42. The number of phenolic OH excluding ortho intramolecular Hbond substituents is 1. The summed E-state index contributed by atoms with van der Waals surface area (Å²) in [6, 6.07) is 5.38. The molecule has 0 aliphatic carbocycles. The number of hydrogen-bond acceptors (Lipinski definition) is 5. The van der Waals surface area contributed by atoms with E-state index in [-0.39, 0.29) is 18.0 Å². The third-order valence-corrected chi connectivity index (χ3v) is 4.96. The molecule has 0 aromatic heterocycles. The van der Waals surface area contributed by atoms with E-state index in [2.05, 4.69) is 6.92 Å². The number of aliphatic hydroxyl groups is 2. The summed E-state index contributed by atoms with van der Waals surface area (Å²) in [5.74, 6) is 0.246. The summed E-state index contributed by atoms with van der Waals surface area (Å²) in [6.45, 7) is 2.51. The van der Waals surface area contributed by atoms with Crippen LogP contribution < -0.4 is 0 Å². The third-order valence-electron chi connectivity index (χ3n) is 4.96. The Labute approximate surface area is 136 Å². The van der Waals surface area contributed by atoms with E-state index in [4.69, 9.17) is 9.47 Å². The van der Waals surface area contributed by atoms with E-state index in [1.807, 2.05) is 6.07 Å². The van der Waals surface area contributed by atoms with Gasteiger partial charge in [0.1, 0.15) is 18.0 Å². The van der Waals surface area contributed by atoms with Gasteiger partial charge in [-0.25, -0.2) is 0 Å². The van der Waals surface area contributed by atoms with Crippen LogP contribution in [0.4, 0.5) is 0 Å². The van der Waals surface area contributed by atoms with Gasteiger partial charge in [-0.15, -0.1) is 0 Å². The topological polar surface area (TPSA) is 79.2 Å². The van der Waals surface area contributed by atoms with Crippen molar-refractivity contribution in [2.45, 2.75) is 76.2 Å². The minimum atomic E-state index is -0.883. The van der Waals surface area contributed by atoms with E-state index in [9.17, 15) is 15.3 Å². The largest absolute Gasteiger partial charge is 0.508 e. The molecule has 5 unspecified atom stereocenters. The lowest BCUT2D eigenvalue weighted by Crippen LogP contribution is -2.33. The average molecular weight is 322 g/mol. The van der Waals surface area contributed by atoms with Gasteiger partial charge in [0.05, 0.1) is 24.9 Å². The fraction of sp³-hybridized carbons (Fsp3) is 0.667. The van der Waals surface area contributed by atoms with E-state index in [0.717, 1.165) is 36.8 Å². The van der Waals surface area contributed by atoms with Gasteiger partial charge in [-0.05, 0) is 18.1 Å². The van der Waals surface area contributed by atoms with Gasteiger partial charge in [0.25, 0.3) is 0 Å². The lowest BCUT2D eigenvalue weighted by Gasteiger charge is -2.19. The molecule has 1 fully saturated rings. The minimum absolute atomic E-state index is 0.210. The smallest absolute Gasteiger partial charge is 0.121 e. The van der Waals surface area contributed by atoms with Crippen LogP contribution in [-0.2, 0) is 16.1 Å². The first-order valence-electron chi connectivity index (χ1n) is 8.55. The normalized spacial score (nSPS) is 33.1. The van der Waals surface area contributed by atoms with Crippen molar-refractivity contribution >= 4 is 0 Å². The van der Waals surface area contributed by atoms with Crippen molar-refractivity contribution in [3.63, 3.8) is 0 Å². The molecule has 0 saturated carbocycles. The standard InChI is InChI=1S/C18H26O5/c1-2-3-4-8-14-17(20)18(21)16(23-14)9-15-11-6-5-7-13(19)12(11)10-22-15/h5-7,14-21H,2-4,8-10H2,1H3. The van der Waals surface area contributed by atoms with Crippen molar-refractivity contribution < 1.29 is 24.8 Å². The van der Waals surface area contributed by atoms with Gasteiger partial charge in [0.2, 0.25) is 0 Å². The van der Waals surface area contributed by atoms with Crippen LogP contribution in [0.3, 0.4) is 0 Å². The Balaban J connectivity index is 1.62.